The molecule has 0 fully saturated rings. The molecule has 152 valence electrons. The quantitative estimate of drug-likeness (QED) is 0.629. The number of carbonyl (C=O) groups excluding carboxylic acids is 4. The Labute approximate surface area is 168 Å². The minimum atomic E-state index is -0.612. The number of ether oxygens (including phenoxy) is 2. The third-order valence-corrected chi connectivity index (χ3v) is 3.83. The molecule has 2 aromatic rings. The Morgan fingerprint density at radius 2 is 1.59 bits per heavy atom. The van der Waals surface area contributed by atoms with Crippen molar-refractivity contribution in [1.29, 1.82) is 0 Å². The van der Waals surface area contributed by atoms with E-state index in [4.69, 9.17) is 9.47 Å². The first kappa shape index (κ1) is 21.6. The number of methoxy groups -OCH3 is 1. The first-order chi connectivity index (χ1) is 13.9. The van der Waals surface area contributed by atoms with Crippen molar-refractivity contribution in [1.82, 2.24) is 0 Å². The van der Waals surface area contributed by atoms with Crippen LogP contribution in [0.1, 0.15) is 30.1 Å². The highest BCUT2D eigenvalue weighted by Gasteiger charge is 2.11. The van der Waals surface area contributed by atoms with Gasteiger partial charge < -0.3 is 24.9 Å². The summed E-state index contributed by atoms with van der Waals surface area (Å²) in [5.74, 6) is -1.04. The van der Waals surface area contributed by atoms with Crippen LogP contribution in [0.2, 0.25) is 0 Å². The highest BCUT2D eigenvalue weighted by Crippen LogP contribution is 2.23. The minimum Gasteiger partial charge on any atom is -0.495 e. The molecule has 0 aliphatic carbocycles. The summed E-state index contributed by atoms with van der Waals surface area (Å²) < 4.78 is 9.99. The number of amides is 2. The van der Waals surface area contributed by atoms with Gasteiger partial charge in [-0.1, -0.05) is 12.1 Å². The fraction of sp³-hybridized carbons (Fsp3) is 0.238. The molecule has 0 unspecified atom stereocenters. The van der Waals surface area contributed by atoms with Gasteiger partial charge in [0, 0.05) is 17.7 Å². The van der Waals surface area contributed by atoms with Gasteiger partial charge in [0.2, 0.25) is 0 Å². The van der Waals surface area contributed by atoms with Gasteiger partial charge in [-0.3, -0.25) is 14.4 Å². The predicted molar refractivity (Wildman–Crippen MR) is 107 cm³/mol. The van der Waals surface area contributed by atoms with Gasteiger partial charge in [-0.2, -0.15) is 0 Å². The second-order valence-electron chi connectivity index (χ2n) is 6.14. The largest absolute Gasteiger partial charge is 0.495 e. The molecule has 8 heteroatoms. The highest BCUT2D eigenvalue weighted by atomic mass is 16.5. The van der Waals surface area contributed by atoms with Crippen molar-refractivity contribution in [3.05, 3.63) is 54.1 Å². The topological polar surface area (TPSA) is 111 Å². The van der Waals surface area contributed by atoms with Crippen molar-refractivity contribution in [3.63, 3.8) is 0 Å². The number of ketones is 1. The second-order valence-corrected chi connectivity index (χ2v) is 6.14. The van der Waals surface area contributed by atoms with Crippen LogP contribution in [0.25, 0.3) is 0 Å². The molecule has 0 aliphatic rings. The molecule has 0 saturated carbocycles. The van der Waals surface area contributed by atoms with Gasteiger partial charge in [-0.05, 0) is 43.3 Å². The van der Waals surface area contributed by atoms with Crippen LogP contribution in [0.4, 0.5) is 11.4 Å². The van der Waals surface area contributed by atoms with Crippen LogP contribution in [-0.4, -0.2) is 37.3 Å². The maximum absolute atomic E-state index is 12.4. The number of hydrogen-bond acceptors (Lipinski definition) is 6. The summed E-state index contributed by atoms with van der Waals surface area (Å²) in [6, 6.07) is 13.3. The first-order valence-corrected chi connectivity index (χ1v) is 8.88. The molecule has 2 N–H and O–H groups in total. The van der Waals surface area contributed by atoms with Crippen molar-refractivity contribution < 1.29 is 28.7 Å². The molecule has 0 aliphatic heterocycles. The Bertz CT molecular complexity index is 892. The lowest BCUT2D eigenvalue weighted by atomic mass is 10.2. The fourth-order valence-electron chi connectivity index (χ4n) is 2.34. The zero-order valence-electron chi connectivity index (χ0n) is 16.2. The number of Topliss-reactive ketones (excluding diaryl/α,β-unsaturated/α-hetero) is 1. The normalized spacial score (nSPS) is 10.0. The fourth-order valence-corrected chi connectivity index (χ4v) is 2.34. The molecule has 0 atom stereocenters. The molecule has 2 aromatic carbocycles. The lowest BCUT2D eigenvalue weighted by Gasteiger charge is -2.10. The number of nitrogens with one attached hydrogen (secondary N) is 2. The van der Waals surface area contributed by atoms with Crippen molar-refractivity contribution in [3.8, 4) is 5.75 Å². The number of esters is 1. The molecule has 0 spiro atoms. The third kappa shape index (κ3) is 7.10. The number of carbonyl (C=O) groups is 4. The average molecular weight is 398 g/mol. The lowest BCUT2D eigenvalue weighted by molar-refractivity contribution is -0.148. The van der Waals surface area contributed by atoms with E-state index in [-0.39, 0.29) is 24.5 Å². The van der Waals surface area contributed by atoms with E-state index in [1.807, 2.05) is 0 Å². The number of rotatable bonds is 9. The van der Waals surface area contributed by atoms with E-state index < -0.39 is 18.5 Å². The zero-order chi connectivity index (χ0) is 21.2. The predicted octanol–water partition coefficient (Wildman–Crippen LogP) is 2.80. The van der Waals surface area contributed by atoms with Gasteiger partial charge in [-0.25, -0.2) is 0 Å². The van der Waals surface area contributed by atoms with E-state index in [0.717, 1.165) is 0 Å². The summed E-state index contributed by atoms with van der Waals surface area (Å²) in [5, 5.41) is 5.32. The average Bonchev–Trinajstić information content (AvgIpc) is 2.71. The molecule has 2 amide bonds. The molecule has 0 aromatic heterocycles. The molecule has 29 heavy (non-hydrogen) atoms. The van der Waals surface area contributed by atoms with Gasteiger partial charge in [-0.15, -0.1) is 0 Å². The van der Waals surface area contributed by atoms with Crippen LogP contribution in [0.3, 0.4) is 0 Å². The van der Waals surface area contributed by atoms with Gasteiger partial charge in [0.05, 0.1) is 19.2 Å². The first-order valence-electron chi connectivity index (χ1n) is 8.88. The Balaban J connectivity index is 1.86. The van der Waals surface area contributed by atoms with Crippen LogP contribution in [0.5, 0.6) is 5.75 Å². The number of para-hydroxylation sites is 2. The summed E-state index contributed by atoms with van der Waals surface area (Å²) in [6.07, 6.45) is 0.0253. The van der Waals surface area contributed by atoms with Gasteiger partial charge in [0.15, 0.2) is 6.61 Å². The number of benzene rings is 2. The Morgan fingerprint density at radius 1 is 0.897 bits per heavy atom. The smallest absolute Gasteiger partial charge is 0.306 e. The van der Waals surface area contributed by atoms with Crippen molar-refractivity contribution in [2.45, 2.75) is 19.8 Å². The Morgan fingerprint density at radius 3 is 2.24 bits per heavy atom. The van der Waals surface area contributed by atoms with Crippen molar-refractivity contribution in [2.75, 3.05) is 24.4 Å². The van der Waals surface area contributed by atoms with E-state index in [2.05, 4.69) is 10.6 Å². The van der Waals surface area contributed by atoms with E-state index in [9.17, 15) is 19.2 Å². The highest BCUT2D eigenvalue weighted by molar-refractivity contribution is 6.05. The van der Waals surface area contributed by atoms with E-state index in [1.165, 1.54) is 14.0 Å². The molecule has 2 rings (SSSR count). The lowest BCUT2D eigenvalue weighted by Crippen LogP contribution is -2.21. The van der Waals surface area contributed by atoms with E-state index in [1.54, 1.807) is 48.5 Å². The minimum absolute atomic E-state index is 0.0569. The second kappa shape index (κ2) is 10.6. The van der Waals surface area contributed by atoms with Crippen molar-refractivity contribution >= 4 is 34.9 Å². The summed E-state index contributed by atoms with van der Waals surface area (Å²) in [4.78, 5) is 46.4. The molecule has 0 saturated heterocycles. The summed E-state index contributed by atoms with van der Waals surface area (Å²) in [6.45, 7) is 0.924. The van der Waals surface area contributed by atoms with Crippen LogP contribution >= 0.6 is 0 Å². The molecular weight excluding hydrogens is 376 g/mol. The molecule has 0 heterocycles. The van der Waals surface area contributed by atoms with Crippen LogP contribution < -0.4 is 15.4 Å². The molecular formula is C21H22N2O6. The van der Waals surface area contributed by atoms with E-state index >= 15 is 0 Å². The zero-order valence-corrected chi connectivity index (χ0v) is 16.2. The van der Waals surface area contributed by atoms with Crippen molar-refractivity contribution in [2.24, 2.45) is 0 Å². The van der Waals surface area contributed by atoms with Crippen LogP contribution in [-0.2, 0) is 19.1 Å². The Hall–Kier alpha value is -3.68. The summed E-state index contributed by atoms with van der Waals surface area (Å²) in [5.41, 5.74) is 1.39. The summed E-state index contributed by atoms with van der Waals surface area (Å²) >= 11 is 0. The Kier molecular flexibility index (Phi) is 7.90. The van der Waals surface area contributed by atoms with Gasteiger partial charge >= 0.3 is 5.97 Å². The number of hydrogen-bond donors (Lipinski definition) is 2. The molecule has 0 radical (unpaired) electrons. The van der Waals surface area contributed by atoms with Gasteiger partial charge in [0.25, 0.3) is 11.8 Å². The maximum Gasteiger partial charge on any atom is 0.306 e. The third-order valence-electron chi connectivity index (χ3n) is 3.83. The number of anilines is 2. The van der Waals surface area contributed by atoms with E-state index in [0.29, 0.717) is 22.7 Å². The van der Waals surface area contributed by atoms with Crippen LogP contribution in [0, 0.1) is 0 Å². The summed E-state index contributed by atoms with van der Waals surface area (Å²) in [7, 11) is 1.52. The SMILES string of the molecule is COc1ccccc1NC(=O)c1ccc(NC(=O)COC(=O)CCC(C)=O)cc1. The molecule has 8 nitrogen and oxygen atoms in total. The van der Waals surface area contributed by atoms with Gasteiger partial charge in [0.1, 0.15) is 11.5 Å². The standard InChI is InChI=1S/C21H22N2O6/c1-14(24)7-12-20(26)29-13-19(25)22-16-10-8-15(9-11-16)21(27)23-17-5-3-4-6-18(17)28-2/h3-6,8-11H,7,12-13H2,1-2H3,(H,22,25)(H,23,27). The van der Waals surface area contributed by atoms with Crippen LogP contribution in [0.15, 0.2) is 48.5 Å². The monoisotopic (exact) mass is 398 g/mol. The maximum atomic E-state index is 12.4. The molecule has 0 bridgehead atoms.